The summed E-state index contributed by atoms with van der Waals surface area (Å²) in [7, 11) is 0. The lowest BCUT2D eigenvalue weighted by Crippen LogP contribution is -2.39. The van der Waals surface area contributed by atoms with Crippen LogP contribution < -0.4 is 15.4 Å². The van der Waals surface area contributed by atoms with Crippen molar-refractivity contribution in [2.75, 3.05) is 19.7 Å². The molecule has 1 heterocycles. The molecule has 0 aromatic heterocycles. The van der Waals surface area contributed by atoms with Gasteiger partial charge in [-0.25, -0.2) is 0 Å². The SMILES string of the molecule is CCNC(=NCC1CCOc2ccccc21)NC(C)c1ccccc1.I. The second-order valence-corrected chi connectivity index (χ2v) is 6.37. The molecule has 0 saturated carbocycles. The summed E-state index contributed by atoms with van der Waals surface area (Å²) < 4.78 is 5.75. The third-order valence-corrected chi connectivity index (χ3v) is 4.55. The molecule has 0 radical (unpaired) electrons. The maximum atomic E-state index is 5.75. The molecule has 0 saturated heterocycles. The van der Waals surface area contributed by atoms with Crippen molar-refractivity contribution < 1.29 is 4.74 Å². The van der Waals surface area contributed by atoms with E-state index >= 15 is 0 Å². The van der Waals surface area contributed by atoms with Gasteiger partial charge < -0.3 is 15.4 Å². The normalized spacial score (nSPS) is 17.3. The van der Waals surface area contributed by atoms with Crippen molar-refractivity contribution in [3.8, 4) is 5.75 Å². The lowest BCUT2D eigenvalue weighted by Gasteiger charge is -2.25. The first-order valence-corrected chi connectivity index (χ1v) is 9.09. The number of nitrogens with zero attached hydrogens (tertiary/aromatic N) is 1. The van der Waals surface area contributed by atoms with Gasteiger partial charge in [0.2, 0.25) is 0 Å². The molecule has 2 aromatic carbocycles. The van der Waals surface area contributed by atoms with Crippen molar-refractivity contribution in [3.63, 3.8) is 0 Å². The van der Waals surface area contributed by atoms with Crippen LogP contribution in [0.25, 0.3) is 0 Å². The standard InChI is InChI=1S/C21H27N3O.HI/c1-3-22-21(24-16(2)17-9-5-4-6-10-17)23-15-18-13-14-25-20-12-8-7-11-19(18)20;/h4-12,16,18H,3,13-15H2,1-2H3,(H2,22,23,24);1H. The van der Waals surface area contributed by atoms with Crippen LogP contribution in [-0.2, 0) is 0 Å². The Morgan fingerprint density at radius 2 is 1.88 bits per heavy atom. The summed E-state index contributed by atoms with van der Waals surface area (Å²) in [4.78, 5) is 4.84. The van der Waals surface area contributed by atoms with Crippen molar-refractivity contribution in [1.29, 1.82) is 0 Å². The van der Waals surface area contributed by atoms with Crippen molar-refractivity contribution in [2.24, 2.45) is 4.99 Å². The Morgan fingerprint density at radius 1 is 1.15 bits per heavy atom. The van der Waals surface area contributed by atoms with Crippen LogP contribution in [0.1, 0.15) is 43.4 Å². The van der Waals surface area contributed by atoms with E-state index in [1.807, 2.05) is 18.2 Å². The van der Waals surface area contributed by atoms with Gasteiger partial charge in [-0.05, 0) is 37.5 Å². The molecule has 26 heavy (non-hydrogen) atoms. The van der Waals surface area contributed by atoms with Gasteiger partial charge in [-0.2, -0.15) is 0 Å². The van der Waals surface area contributed by atoms with Crippen LogP contribution in [0, 0.1) is 0 Å². The van der Waals surface area contributed by atoms with Crippen LogP contribution in [-0.4, -0.2) is 25.7 Å². The number of halogens is 1. The summed E-state index contributed by atoms with van der Waals surface area (Å²) in [6, 6.07) is 19.0. The lowest BCUT2D eigenvalue weighted by molar-refractivity contribution is 0.269. The van der Waals surface area contributed by atoms with Gasteiger partial charge >= 0.3 is 0 Å². The number of para-hydroxylation sites is 1. The first-order valence-electron chi connectivity index (χ1n) is 9.09. The molecule has 2 unspecified atom stereocenters. The van der Waals surface area contributed by atoms with E-state index in [0.717, 1.165) is 37.8 Å². The number of ether oxygens (including phenoxy) is 1. The number of guanidine groups is 1. The van der Waals surface area contributed by atoms with E-state index < -0.39 is 0 Å². The minimum Gasteiger partial charge on any atom is -0.493 e. The van der Waals surface area contributed by atoms with Crippen LogP contribution in [0.2, 0.25) is 0 Å². The van der Waals surface area contributed by atoms with Crippen LogP contribution in [0.4, 0.5) is 0 Å². The van der Waals surface area contributed by atoms with Crippen LogP contribution in [0.5, 0.6) is 5.75 Å². The number of benzene rings is 2. The molecule has 0 aliphatic carbocycles. The minimum absolute atomic E-state index is 0. The van der Waals surface area contributed by atoms with Crippen molar-refractivity contribution in [1.82, 2.24) is 10.6 Å². The second kappa shape index (κ2) is 10.4. The van der Waals surface area contributed by atoms with Gasteiger partial charge in [0.1, 0.15) is 5.75 Å². The summed E-state index contributed by atoms with van der Waals surface area (Å²) in [5.41, 5.74) is 2.52. The Hall–Kier alpha value is -1.76. The van der Waals surface area contributed by atoms with E-state index in [1.165, 1.54) is 11.1 Å². The highest BCUT2D eigenvalue weighted by Gasteiger charge is 2.20. The zero-order chi connectivity index (χ0) is 17.5. The van der Waals surface area contributed by atoms with E-state index in [2.05, 4.69) is 60.9 Å². The number of hydrogen-bond donors (Lipinski definition) is 2. The monoisotopic (exact) mass is 465 g/mol. The summed E-state index contributed by atoms with van der Waals surface area (Å²) in [6.45, 7) is 6.62. The Morgan fingerprint density at radius 3 is 2.65 bits per heavy atom. The molecule has 140 valence electrons. The maximum absolute atomic E-state index is 5.75. The van der Waals surface area contributed by atoms with Crippen LogP contribution in [0.3, 0.4) is 0 Å². The summed E-state index contributed by atoms with van der Waals surface area (Å²) in [5.74, 6) is 2.28. The van der Waals surface area contributed by atoms with Crippen molar-refractivity contribution in [3.05, 3.63) is 65.7 Å². The van der Waals surface area contributed by atoms with Crippen LogP contribution in [0.15, 0.2) is 59.6 Å². The number of nitrogens with one attached hydrogen (secondary N) is 2. The van der Waals surface area contributed by atoms with Gasteiger partial charge in [-0.1, -0.05) is 48.5 Å². The summed E-state index contributed by atoms with van der Waals surface area (Å²) in [5, 5.41) is 6.86. The average molecular weight is 465 g/mol. The Labute approximate surface area is 173 Å². The molecule has 3 rings (SSSR count). The molecule has 2 atom stereocenters. The van der Waals surface area contributed by atoms with Crippen molar-refractivity contribution in [2.45, 2.75) is 32.2 Å². The third kappa shape index (κ3) is 5.37. The van der Waals surface area contributed by atoms with E-state index in [1.54, 1.807) is 0 Å². The smallest absolute Gasteiger partial charge is 0.191 e. The summed E-state index contributed by atoms with van der Waals surface area (Å²) >= 11 is 0. The fraction of sp³-hybridized carbons (Fsp3) is 0.381. The molecule has 0 bridgehead atoms. The first-order chi connectivity index (χ1) is 12.3. The predicted molar refractivity (Wildman–Crippen MR) is 119 cm³/mol. The molecule has 2 N–H and O–H groups in total. The summed E-state index contributed by atoms with van der Waals surface area (Å²) in [6.07, 6.45) is 1.01. The van der Waals surface area contributed by atoms with Gasteiger partial charge in [-0.3, -0.25) is 4.99 Å². The van der Waals surface area contributed by atoms with Gasteiger partial charge in [0.25, 0.3) is 0 Å². The minimum atomic E-state index is 0. The molecule has 1 aliphatic heterocycles. The molecule has 1 aliphatic rings. The molecule has 0 amide bonds. The Kier molecular flexibility index (Phi) is 8.22. The van der Waals surface area contributed by atoms with E-state index in [9.17, 15) is 0 Å². The third-order valence-electron chi connectivity index (χ3n) is 4.55. The number of fused-ring (bicyclic) bond motifs is 1. The van der Waals surface area contributed by atoms with Gasteiger partial charge in [0, 0.05) is 19.0 Å². The lowest BCUT2D eigenvalue weighted by atomic mass is 9.93. The molecule has 0 spiro atoms. The average Bonchev–Trinajstić information content (AvgIpc) is 2.67. The molecular weight excluding hydrogens is 437 g/mol. The van der Waals surface area contributed by atoms with Crippen LogP contribution >= 0.6 is 24.0 Å². The fourth-order valence-electron chi connectivity index (χ4n) is 3.16. The molecule has 0 fully saturated rings. The number of hydrogen-bond acceptors (Lipinski definition) is 2. The number of aliphatic imine (C=N–C) groups is 1. The molecule has 5 heteroatoms. The quantitative estimate of drug-likeness (QED) is 0.389. The molecular formula is C21H28IN3O. The van der Waals surface area contributed by atoms with E-state index in [4.69, 9.17) is 9.73 Å². The molecule has 2 aromatic rings. The second-order valence-electron chi connectivity index (χ2n) is 6.37. The fourth-order valence-corrected chi connectivity index (χ4v) is 3.16. The number of rotatable bonds is 5. The zero-order valence-corrected chi connectivity index (χ0v) is 17.8. The first kappa shape index (κ1) is 20.6. The topological polar surface area (TPSA) is 45.7 Å². The van der Waals surface area contributed by atoms with Crippen molar-refractivity contribution >= 4 is 29.9 Å². The van der Waals surface area contributed by atoms with Gasteiger partial charge in [0.05, 0.1) is 12.6 Å². The Bertz CT molecular complexity index is 705. The molecule has 4 nitrogen and oxygen atoms in total. The van der Waals surface area contributed by atoms with Gasteiger partial charge in [0.15, 0.2) is 5.96 Å². The van der Waals surface area contributed by atoms with E-state index in [-0.39, 0.29) is 30.0 Å². The zero-order valence-electron chi connectivity index (χ0n) is 15.4. The highest BCUT2D eigenvalue weighted by molar-refractivity contribution is 14.0. The van der Waals surface area contributed by atoms with E-state index in [0.29, 0.717) is 5.92 Å². The highest BCUT2D eigenvalue weighted by atomic mass is 127. The predicted octanol–water partition coefficient (Wildman–Crippen LogP) is 4.49. The largest absolute Gasteiger partial charge is 0.493 e. The van der Waals surface area contributed by atoms with Gasteiger partial charge in [-0.15, -0.1) is 24.0 Å². The highest BCUT2D eigenvalue weighted by Crippen LogP contribution is 2.33. The maximum Gasteiger partial charge on any atom is 0.191 e. The Balaban J connectivity index is 0.00000243.